The Hall–Kier alpha value is -1.09. The molecule has 1 aromatic heterocycles. The van der Waals surface area contributed by atoms with Gasteiger partial charge in [-0.15, -0.1) is 0 Å². The van der Waals surface area contributed by atoms with E-state index in [4.69, 9.17) is 10.5 Å². The first-order chi connectivity index (χ1) is 5.88. The zero-order valence-electron chi connectivity index (χ0n) is 7.29. The molecule has 0 unspecified atom stereocenters. The van der Waals surface area contributed by atoms with Gasteiger partial charge in [-0.2, -0.15) is 0 Å². The fourth-order valence-corrected chi connectivity index (χ4v) is 1.04. The predicted molar refractivity (Wildman–Crippen MR) is 48.2 cm³/mol. The van der Waals surface area contributed by atoms with Crippen molar-refractivity contribution >= 4 is 0 Å². The lowest BCUT2D eigenvalue weighted by Gasteiger charge is -2.06. The fraction of sp³-hybridized carbons (Fsp3) is 0.444. The molecule has 3 heteroatoms. The Morgan fingerprint density at radius 2 is 2.42 bits per heavy atom. The number of rotatable bonds is 4. The first-order valence-electron chi connectivity index (χ1n) is 4.15. The molecule has 1 rings (SSSR count). The quantitative estimate of drug-likeness (QED) is 0.725. The maximum absolute atomic E-state index is 5.44. The van der Waals surface area contributed by atoms with Crippen molar-refractivity contribution in [2.45, 2.75) is 13.3 Å². The zero-order valence-corrected chi connectivity index (χ0v) is 7.29. The summed E-state index contributed by atoms with van der Waals surface area (Å²) in [4.78, 5) is 4.11. The van der Waals surface area contributed by atoms with E-state index in [9.17, 15) is 0 Å². The molecule has 0 aliphatic rings. The summed E-state index contributed by atoms with van der Waals surface area (Å²) in [6.45, 7) is 3.22. The Labute approximate surface area is 72.6 Å². The van der Waals surface area contributed by atoms with Crippen LogP contribution in [0.3, 0.4) is 0 Å². The normalized spacial score (nSPS) is 9.83. The molecule has 2 N–H and O–H groups in total. The lowest BCUT2D eigenvalue weighted by atomic mass is 10.2. The SMILES string of the molecule is CCOc1ncccc1CCN. The summed E-state index contributed by atoms with van der Waals surface area (Å²) in [7, 11) is 0. The molecule has 12 heavy (non-hydrogen) atoms. The number of nitrogens with zero attached hydrogens (tertiary/aromatic N) is 1. The molecule has 1 aromatic rings. The van der Waals surface area contributed by atoms with Crippen LogP contribution in [0.5, 0.6) is 5.88 Å². The van der Waals surface area contributed by atoms with Crippen molar-refractivity contribution in [1.29, 1.82) is 0 Å². The van der Waals surface area contributed by atoms with Crippen LogP contribution in [0.25, 0.3) is 0 Å². The van der Waals surface area contributed by atoms with E-state index in [2.05, 4.69) is 4.98 Å². The lowest BCUT2D eigenvalue weighted by molar-refractivity contribution is 0.323. The molecule has 1 heterocycles. The molecule has 0 spiro atoms. The summed E-state index contributed by atoms with van der Waals surface area (Å²) in [5.74, 6) is 0.713. The van der Waals surface area contributed by atoms with Gasteiger partial charge in [0.15, 0.2) is 0 Å². The molecule has 0 aliphatic heterocycles. The van der Waals surface area contributed by atoms with Gasteiger partial charge in [-0.05, 0) is 26.0 Å². The van der Waals surface area contributed by atoms with Crippen LogP contribution in [-0.2, 0) is 6.42 Å². The number of nitrogens with two attached hydrogens (primary N) is 1. The first-order valence-corrected chi connectivity index (χ1v) is 4.15. The molecule has 0 bridgehead atoms. The Balaban J connectivity index is 2.77. The average Bonchev–Trinajstić information content (AvgIpc) is 2.09. The average molecular weight is 166 g/mol. The minimum atomic E-state index is 0.631. The number of aromatic nitrogens is 1. The second-order valence-electron chi connectivity index (χ2n) is 2.44. The molecule has 0 aromatic carbocycles. The number of pyridine rings is 1. The third-order valence-electron chi connectivity index (χ3n) is 1.54. The third kappa shape index (κ3) is 2.20. The van der Waals surface area contributed by atoms with Crippen molar-refractivity contribution in [2.75, 3.05) is 13.2 Å². The van der Waals surface area contributed by atoms with E-state index in [-0.39, 0.29) is 0 Å². The van der Waals surface area contributed by atoms with Gasteiger partial charge >= 0.3 is 0 Å². The monoisotopic (exact) mass is 166 g/mol. The van der Waals surface area contributed by atoms with Crippen molar-refractivity contribution in [2.24, 2.45) is 5.73 Å². The van der Waals surface area contributed by atoms with E-state index in [1.807, 2.05) is 19.1 Å². The van der Waals surface area contributed by atoms with E-state index in [1.54, 1.807) is 6.20 Å². The predicted octanol–water partition coefficient (Wildman–Crippen LogP) is 0.982. The third-order valence-corrected chi connectivity index (χ3v) is 1.54. The summed E-state index contributed by atoms with van der Waals surface area (Å²) < 4.78 is 5.32. The van der Waals surface area contributed by atoms with Crippen molar-refractivity contribution in [3.63, 3.8) is 0 Å². The zero-order chi connectivity index (χ0) is 8.81. The van der Waals surface area contributed by atoms with Crippen LogP contribution in [0.1, 0.15) is 12.5 Å². The molecule has 66 valence electrons. The highest BCUT2D eigenvalue weighted by Crippen LogP contribution is 2.13. The van der Waals surface area contributed by atoms with Crippen LogP contribution < -0.4 is 10.5 Å². The highest BCUT2D eigenvalue weighted by atomic mass is 16.5. The lowest BCUT2D eigenvalue weighted by Crippen LogP contribution is -2.06. The minimum absolute atomic E-state index is 0.631. The molecule has 0 radical (unpaired) electrons. The number of ether oxygens (including phenoxy) is 1. The highest BCUT2D eigenvalue weighted by Gasteiger charge is 2.01. The van der Waals surface area contributed by atoms with Gasteiger partial charge in [0.1, 0.15) is 0 Å². The van der Waals surface area contributed by atoms with Crippen LogP contribution >= 0.6 is 0 Å². The van der Waals surface area contributed by atoms with Crippen LogP contribution in [0.2, 0.25) is 0 Å². The topological polar surface area (TPSA) is 48.1 Å². The van der Waals surface area contributed by atoms with Gasteiger partial charge < -0.3 is 10.5 Å². The first kappa shape index (κ1) is 9.00. The number of hydrogen-bond donors (Lipinski definition) is 1. The van der Waals surface area contributed by atoms with Crippen molar-refractivity contribution < 1.29 is 4.74 Å². The van der Waals surface area contributed by atoms with Gasteiger partial charge in [-0.1, -0.05) is 6.07 Å². The van der Waals surface area contributed by atoms with Gasteiger partial charge in [-0.25, -0.2) is 4.98 Å². The summed E-state index contributed by atoms with van der Waals surface area (Å²) in [6, 6.07) is 3.89. The maximum Gasteiger partial charge on any atom is 0.216 e. The van der Waals surface area contributed by atoms with Gasteiger partial charge in [0.25, 0.3) is 0 Å². The molecule has 0 aliphatic carbocycles. The molecule has 3 nitrogen and oxygen atoms in total. The summed E-state index contributed by atoms with van der Waals surface area (Å²) >= 11 is 0. The minimum Gasteiger partial charge on any atom is -0.478 e. The molecule has 0 amide bonds. The van der Waals surface area contributed by atoms with E-state index < -0.39 is 0 Å². The van der Waals surface area contributed by atoms with Crippen LogP contribution in [0.4, 0.5) is 0 Å². The summed E-state index contributed by atoms with van der Waals surface area (Å²) in [5.41, 5.74) is 6.53. The maximum atomic E-state index is 5.44. The van der Waals surface area contributed by atoms with Crippen LogP contribution in [0.15, 0.2) is 18.3 Å². The standard InChI is InChI=1S/C9H14N2O/c1-2-12-9-8(5-6-10)4-3-7-11-9/h3-4,7H,2,5-6,10H2,1H3. The highest BCUT2D eigenvalue weighted by molar-refractivity contribution is 5.25. The van der Waals surface area contributed by atoms with E-state index in [0.717, 1.165) is 12.0 Å². The molecule has 0 saturated carbocycles. The fourth-order valence-electron chi connectivity index (χ4n) is 1.04. The Bertz CT molecular complexity index is 213. The van der Waals surface area contributed by atoms with E-state index in [1.165, 1.54) is 0 Å². The Kier molecular flexibility index (Phi) is 3.54. The van der Waals surface area contributed by atoms with Crippen molar-refractivity contribution in [3.8, 4) is 5.88 Å². The Morgan fingerprint density at radius 3 is 3.08 bits per heavy atom. The second-order valence-corrected chi connectivity index (χ2v) is 2.44. The van der Waals surface area contributed by atoms with Crippen LogP contribution in [-0.4, -0.2) is 18.1 Å². The number of hydrogen-bond acceptors (Lipinski definition) is 3. The van der Waals surface area contributed by atoms with Gasteiger partial charge in [-0.3, -0.25) is 0 Å². The molecule has 0 atom stereocenters. The smallest absolute Gasteiger partial charge is 0.216 e. The summed E-state index contributed by atoms with van der Waals surface area (Å²) in [5, 5.41) is 0. The molecule has 0 saturated heterocycles. The molecule has 0 fully saturated rings. The second kappa shape index (κ2) is 4.72. The van der Waals surface area contributed by atoms with Crippen molar-refractivity contribution in [1.82, 2.24) is 4.98 Å². The molecular weight excluding hydrogens is 152 g/mol. The van der Waals surface area contributed by atoms with Gasteiger partial charge in [0, 0.05) is 11.8 Å². The van der Waals surface area contributed by atoms with Crippen LogP contribution in [0, 0.1) is 0 Å². The van der Waals surface area contributed by atoms with E-state index in [0.29, 0.717) is 19.0 Å². The Morgan fingerprint density at radius 1 is 1.58 bits per heavy atom. The summed E-state index contributed by atoms with van der Waals surface area (Å²) in [6.07, 6.45) is 2.55. The van der Waals surface area contributed by atoms with Gasteiger partial charge in [0.2, 0.25) is 5.88 Å². The largest absolute Gasteiger partial charge is 0.478 e. The van der Waals surface area contributed by atoms with Gasteiger partial charge in [0.05, 0.1) is 6.61 Å². The van der Waals surface area contributed by atoms with Crippen molar-refractivity contribution in [3.05, 3.63) is 23.9 Å². The van der Waals surface area contributed by atoms with E-state index >= 15 is 0 Å². The molecular formula is C9H14N2O.